The topological polar surface area (TPSA) is 65.2 Å². The number of nitrogens with one attached hydrogen (secondary N) is 2. The summed E-state index contributed by atoms with van der Waals surface area (Å²) < 4.78 is 26.9. The first-order valence-electron chi connectivity index (χ1n) is 8.49. The van der Waals surface area contributed by atoms with Crippen molar-refractivity contribution in [3.8, 4) is 11.3 Å². The Bertz CT molecular complexity index is 985. The van der Waals surface area contributed by atoms with Crippen LogP contribution in [0.1, 0.15) is 12.8 Å². The number of para-hydroxylation sites is 1. The summed E-state index contributed by atoms with van der Waals surface area (Å²) in [5.41, 5.74) is 4.00. The van der Waals surface area contributed by atoms with Crippen LogP contribution < -0.4 is 9.62 Å². The van der Waals surface area contributed by atoms with E-state index in [2.05, 4.69) is 26.7 Å². The predicted octanol–water partition coefficient (Wildman–Crippen LogP) is 3.34. The molecule has 5 nitrogen and oxygen atoms in total. The second kappa shape index (κ2) is 6.20. The zero-order valence-electron chi connectivity index (χ0n) is 14.1. The number of aromatic nitrogens is 1. The first-order chi connectivity index (χ1) is 12.1. The summed E-state index contributed by atoms with van der Waals surface area (Å²) in [7, 11) is -2.04. The lowest BCUT2D eigenvalue weighted by molar-refractivity contribution is 0.588. The van der Waals surface area contributed by atoms with Gasteiger partial charge < -0.3 is 9.88 Å². The van der Waals surface area contributed by atoms with E-state index in [4.69, 9.17) is 0 Å². The van der Waals surface area contributed by atoms with E-state index in [0.717, 1.165) is 40.9 Å². The molecular formula is C19H21N3O2S. The van der Waals surface area contributed by atoms with Crippen LogP contribution in [0.5, 0.6) is 0 Å². The van der Waals surface area contributed by atoms with E-state index in [-0.39, 0.29) is 4.90 Å². The molecule has 0 saturated carbocycles. The number of nitrogens with zero attached hydrogens (tertiary/aromatic N) is 1. The third-order valence-corrected chi connectivity index (χ3v) is 6.23. The monoisotopic (exact) mass is 355 g/mol. The lowest BCUT2D eigenvalue weighted by atomic mass is 10.1. The van der Waals surface area contributed by atoms with Gasteiger partial charge in [-0.25, -0.2) is 13.1 Å². The van der Waals surface area contributed by atoms with Gasteiger partial charge in [0, 0.05) is 40.9 Å². The van der Waals surface area contributed by atoms with Gasteiger partial charge in [0.2, 0.25) is 10.0 Å². The number of hydrogen-bond acceptors (Lipinski definition) is 3. The lowest BCUT2D eigenvalue weighted by Crippen LogP contribution is -2.21. The standard InChI is InChI=1S/C19H21N3O2S/c1-20-25(23,24)15-8-9-19(22-10-4-5-11-22)16(13-15)18-12-14-6-2-3-7-17(14)21-18/h2-3,6-9,12-13,20-21H,4-5,10-11H2,1H3. The number of aromatic amines is 1. The van der Waals surface area contributed by atoms with Crippen LogP contribution in [-0.2, 0) is 10.0 Å². The van der Waals surface area contributed by atoms with Gasteiger partial charge in [-0.15, -0.1) is 0 Å². The molecular weight excluding hydrogens is 334 g/mol. The zero-order valence-corrected chi connectivity index (χ0v) is 14.9. The molecule has 0 spiro atoms. The molecule has 2 heterocycles. The molecule has 130 valence electrons. The maximum absolute atomic E-state index is 12.3. The van der Waals surface area contributed by atoms with Gasteiger partial charge in [-0.3, -0.25) is 0 Å². The Morgan fingerprint density at radius 1 is 1.04 bits per heavy atom. The fourth-order valence-corrected chi connectivity index (χ4v) is 4.22. The number of rotatable bonds is 4. The molecule has 0 radical (unpaired) electrons. The maximum atomic E-state index is 12.3. The average Bonchev–Trinajstić information content (AvgIpc) is 3.30. The highest BCUT2D eigenvalue weighted by Crippen LogP contribution is 2.35. The Kier molecular flexibility index (Phi) is 4.01. The highest BCUT2D eigenvalue weighted by atomic mass is 32.2. The smallest absolute Gasteiger partial charge is 0.240 e. The zero-order chi connectivity index (χ0) is 17.4. The maximum Gasteiger partial charge on any atom is 0.240 e. The molecule has 1 aromatic heterocycles. The molecule has 6 heteroatoms. The molecule has 1 aliphatic heterocycles. The van der Waals surface area contributed by atoms with Gasteiger partial charge >= 0.3 is 0 Å². The van der Waals surface area contributed by atoms with Crippen molar-refractivity contribution in [2.45, 2.75) is 17.7 Å². The third kappa shape index (κ3) is 2.92. The average molecular weight is 355 g/mol. The number of fused-ring (bicyclic) bond motifs is 1. The lowest BCUT2D eigenvalue weighted by Gasteiger charge is -2.21. The van der Waals surface area contributed by atoms with Crippen LogP contribution in [-0.4, -0.2) is 33.5 Å². The van der Waals surface area contributed by atoms with Gasteiger partial charge in [-0.05, 0) is 50.2 Å². The van der Waals surface area contributed by atoms with Crippen molar-refractivity contribution in [2.75, 3.05) is 25.0 Å². The number of anilines is 1. The Balaban J connectivity index is 1.91. The number of benzene rings is 2. The molecule has 0 aliphatic carbocycles. The summed E-state index contributed by atoms with van der Waals surface area (Å²) in [4.78, 5) is 6.04. The SMILES string of the molecule is CNS(=O)(=O)c1ccc(N2CCCC2)c(-c2cc3ccccc3[nH]2)c1. The van der Waals surface area contributed by atoms with Crippen LogP contribution >= 0.6 is 0 Å². The second-order valence-corrected chi connectivity index (χ2v) is 8.24. The van der Waals surface area contributed by atoms with E-state index in [1.54, 1.807) is 12.1 Å². The highest BCUT2D eigenvalue weighted by molar-refractivity contribution is 7.89. The first-order valence-corrected chi connectivity index (χ1v) is 9.97. The van der Waals surface area contributed by atoms with Crippen LogP contribution in [0.3, 0.4) is 0 Å². The largest absolute Gasteiger partial charge is 0.371 e. The number of hydrogen-bond donors (Lipinski definition) is 2. The summed E-state index contributed by atoms with van der Waals surface area (Å²) in [6, 6.07) is 15.5. The minimum absolute atomic E-state index is 0.284. The summed E-state index contributed by atoms with van der Waals surface area (Å²) in [6.45, 7) is 2.01. The number of H-pyrrole nitrogens is 1. The first kappa shape index (κ1) is 16.2. The van der Waals surface area contributed by atoms with E-state index < -0.39 is 10.0 Å². The van der Waals surface area contributed by atoms with E-state index in [1.807, 2.05) is 24.3 Å². The van der Waals surface area contributed by atoms with Gasteiger partial charge in [-0.2, -0.15) is 0 Å². The summed E-state index contributed by atoms with van der Waals surface area (Å²) in [5, 5.41) is 1.12. The van der Waals surface area contributed by atoms with E-state index in [9.17, 15) is 8.42 Å². The second-order valence-electron chi connectivity index (χ2n) is 6.35. The fourth-order valence-electron chi connectivity index (χ4n) is 3.47. The van der Waals surface area contributed by atoms with Crippen LogP contribution in [0.4, 0.5) is 5.69 Å². The Morgan fingerprint density at radius 2 is 1.80 bits per heavy atom. The van der Waals surface area contributed by atoms with Crippen LogP contribution in [0.15, 0.2) is 53.4 Å². The molecule has 4 rings (SSSR count). The Morgan fingerprint density at radius 3 is 2.52 bits per heavy atom. The minimum Gasteiger partial charge on any atom is -0.371 e. The Labute approximate surface area is 147 Å². The molecule has 0 bridgehead atoms. The van der Waals surface area contributed by atoms with E-state index >= 15 is 0 Å². The van der Waals surface area contributed by atoms with Crippen molar-refractivity contribution in [1.82, 2.24) is 9.71 Å². The fraction of sp³-hybridized carbons (Fsp3) is 0.263. The molecule has 2 N–H and O–H groups in total. The van der Waals surface area contributed by atoms with Crippen LogP contribution in [0, 0.1) is 0 Å². The van der Waals surface area contributed by atoms with Crippen molar-refractivity contribution in [3.63, 3.8) is 0 Å². The Hall–Kier alpha value is -2.31. The molecule has 0 amide bonds. The minimum atomic E-state index is -3.48. The van der Waals surface area contributed by atoms with Gasteiger partial charge in [0.25, 0.3) is 0 Å². The molecule has 0 atom stereocenters. The van der Waals surface area contributed by atoms with Crippen LogP contribution in [0.25, 0.3) is 22.2 Å². The molecule has 0 unspecified atom stereocenters. The van der Waals surface area contributed by atoms with Crippen molar-refractivity contribution >= 4 is 26.6 Å². The highest BCUT2D eigenvalue weighted by Gasteiger charge is 2.21. The van der Waals surface area contributed by atoms with E-state index in [1.165, 1.54) is 19.9 Å². The van der Waals surface area contributed by atoms with Gasteiger partial charge in [0.15, 0.2) is 0 Å². The molecule has 1 fully saturated rings. The molecule has 1 saturated heterocycles. The normalized spacial score (nSPS) is 15.2. The molecule has 25 heavy (non-hydrogen) atoms. The van der Waals surface area contributed by atoms with Crippen molar-refractivity contribution < 1.29 is 8.42 Å². The molecule has 3 aromatic rings. The quantitative estimate of drug-likeness (QED) is 0.754. The van der Waals surface area contributed by atoms with Gasteiger partial charge in [-0.1, -0.05) is 18.2 Å². The summed E-state index contributed by atoms with van der Waals surface area (Å²) >= 11 is 0. The van der Waals surface area contributed by atoms with E-state index in [0.29, 0.717) is 0 Å². The molecule has 1 aliphatic rings. The van der Waals surface area contributed by atoms with Crippen molar-refractivity contribution in [3.05, 3.63) is 48.5 Å². The van der Waals surface area contributed by atoms with Gasteiger partial charge in [0.05, 0.1) is 4.90 Å². The third-order valence-electron chi connectivity index (χ3n) is 4.81. The van der Waals surface area contributed by atoms with Crippen molar-refractivity contribution in [2.24, 2.45) is 0 Å². The van der Waals surface area contributed by atoms with Crippen LogP contribution in [0.2, 0.25) is 0 Å². The predicted molar refractivity (Wildman–Crippen MR) is 101 cm³/mol. The number of sulfonamides is 1. The molecule has 2 aromatic carbocycles. The van der Waals surface area contributed by atoms with Gasteiger partial charge in [0.1, 0.15) is 0 Å². The van der Waals surface area contributed by atoms with Crippen molar-refractivity contribution in [1.29, 1.82) is 0 Å². The summed E-state index contributed by atoms with van der Waals surface area (Å²) in [6.07, 6.45) is 2.34. The summed E-state index contributed by atoms with van der Waals surface area (Å²) in [5.74, 6) is 0.